The summed E-state index contributed by atoms with van der Waals surface area (Å²) in [6.45, 7) is 4.04. The van der Waals surface area contributed by atoms with E-state index >= 15 is 0 Å². The summed E-state index contributed by atoms with van der Waals surface area (Å²) in [4.78, 5) is 7.32. The summed E-state index contributed by atoms with van der Waals surface area (Å²) in [6.07, 6.45) is 5.17. The molecule has 4 heteroatoms. The van der Waals surface area contributed by atoms with Crippen LogP contribution in [0.3, 0.4) is 0 Å². The largest absolute Gasteiger partial charge is 0.345 e. The minimum absolute atomic E-state index is 0.569. The molecule has 1 aromatic carbocycles. The standard InChI is InChI=1S/C16H23N3S/c1-2-19(14-9-5-3-7-12(14)11-17)16-18-13-8-4-6-10-15(13)20-16/h4,6,8,10,12,14H,2-3,5,7,9,11,17H2,1H3. The van der Waals surface area contributed by atoms with Crippen molar-refractivity contribution >= 4 is 26.7 Å². The maximum atomic E-state index is 6.00. The van der Waals surface area contributed by atoms with Gasteiger partial charge in [0.05, 0.1) is 10.2 Å². The van der Waals surface area contributed by atoms with Crippen LogP contribution >= 0.6 is 11.3 Å². The SMILES string of the molecule is CCN(c1nc2ccccc2s1)C1CCCCC1CN. The first-order valence-electron chi connectivity index (χ1n) is 7.65. The van der Waals surface area contributed by atoms with Crippen LogP contribution in [0.2, 0.25) is 0 Å². The van der Waals surface area contributed by atoms with Crippen molar-refractivity contribution in [2.24, 2.45) is 11.7 Å². The van der Waals surface area contributed by atoms with E-state index in [9.17, 15) is 0 Å². The number of anilines is 1. The number of aromatic nitrogens is 1. The fraction of sp³-hybridized carbons (Fsp3) is 0.562. The Kier molecular flexibility index (Phi) is 4.22. The lowest BCUT2D eigenvalue weighted by molar-refractivity contribution is 0.300. The summed E-state index contributed by atoms with van der Waals surface area (Å²) in [5.41, 5.74) is 7.11. The maximum absolute atomic E-state index is 6.00. The first-order chi connectivity index (χ1) is 9.83. The van der Waals surface area contributed by atoms with E-state index in [-0.39, 0.29) is 0 Å². The third-order valence-electron chi connectivity index (χ3n) is 4.44. The summed E-state index contributed by atoms with van der Waals surface area (Å²) in [5.74, 6) is 0.621. The second-order valence-electron chi connectivity index (χ2n) is 5.60. The van der Waals surface area contributed by atoms with E-state index in [2.05, 4.69) is 36.1 Å². The van der Waals surface area contributed by atoms with Crippen LogP contribution in [-0.4, -0.2) is 24.1 Å². The van der Waals surface area contributed by atoms with Gasteiger partial charge in [-0.25, -0.2) is 4.98 Å². The minimum Gasteiger partial charge on any atom is -0.345 e. The average Bonchev–Trinajstić information content (AvgIpc) is 2.92. The molecule has 3 rings (SSSR count). The molecule has 0 saturated heterocycles. The Hall–Kier alpha value is -1.13. The van der Waals surface area contributed by atoms with Crippen molar-refractivity contribution in [3.8, 4) is 0 Å². The van der Waals surface area contributed by atoms with Crippen LogP contribution in [0, 0.1) is 5.92 Å². The Morgan fingerprint density at radius 1 is 1.30 bits per heavy atom. The Morgan fingerprint density at radius 3 is 2.85 bits per heavy atom. The monoisotopic (exact) mass is 289 g/mol. The zero-order valence-electron chi connectivity index (χ0n) is 12.1. The molecule has 2 aromatic rings. The average molecular weight is 289 g/mol. The first kappa shape index (κ1) is 13.8. The van der Waals surface area contributed by atoms with Crippen molar-refractivity contribution in [1.29, 1.82) is 0 Å². The van der Waals surface area contributed by atoms with Crippen molar-refractivity contribution in [3.63, 3.8) is 0 Å². The molecular formula is C16H23N3S. The summed E-state index contributed by atoms with van der Waals surface area (Å²) < 4.78 is 1.28. The van der Waals surface area contributed by atoms with E-state index in [4.69, 9.17) is 10.7 Å². The topological polar surface area (TPSA) is 42.2 Å². The van der Waals surface area contributed by atoms with E-state index in [1.807, 2.05) is 11.3 Å². The van der Waals surface area contributed by atoms with Gasteiger partial charge >= 0.3 is 0 Å². The number of fused-ring (bicyclic) bond motifs is 1. The molecule has 1 aliphatic rings. The third-order valence-corrected chi connectivity index (χ3v) is 5.51. The number of thiazole rings is 1. The molecule has 20 heavy (non-hydrogen) atoms. The van der Waals surface area contributed by atoms with Gasteiger partial charge in [-0.1, -0.05) is 36.3 Å². The van der Waals surface area contributed by atoms with Gasteiger partial charge in [0.25, 0.3) is 0 Å². The Bertz CT molecular complexity index is 533. The molecule has 0 amide bonds. The van der Waals surface area contributed by atoms with Crippen LogP contribution in [0.4, 0.5) is 5.13 Å². The molecule has 1 heterocycles. The Balaban J connectivity index is 1.91. The molecule has 0 aliphatic heterocycles. The molecule has 108 valence electrons. The van der Waals surface area contributed by atoms with Crippen LogP contribution in [0.25, 0.3) is 10.2 Å². The number of benzene rings is 1. The first-order valence-corrected chi connectivity index (χ1v) is 8.47. The van der Waals surface area contributed by atoms with Gasteiger partial charge in [-0.15, -0.1) is 0 Å². The van der Waals surface area contributed by atoms with Crippen molar-refractivity contribution in [3.05, 3.63) is 24.3 Å². The highest BCUT2D eigenvalue weighted by atomic mass is 32.1. The van der Waals surface area contributed by atoms with Crippen LogP contribution in [0.1, 0.15) is 32.6 Å². The van der Waals surface area contributed by atoms with E-state index in [1.165, 1.54) is 35.5 Å². The van der Waals surface area contributed by atoms with Gasteiger partial charge in [0.15, 0.2) is 5.13 Å². The van der Waals surface area contributed by atoms with E-state index < -0.39 is 0 Å². The number of para-hydroxylation sites is 1. The maximum Gasteiger partial charge on any atom is 0.186 e. The molecule has 1 aromatic heterocycles. The zero-order chi connectivity index (χ0) is 13.9. The summed E-state index contributed by atoms with van der Waals surface area (Å²) in [6, 6.07) is 8.98. The van der Waals surface area contributed by atoms with Crippen LogP contribution in [0.5, 0.6) is 0 Å². The second kappa shape index (κ2) is 6.10. The highest BCUT2D eigenvalue weighted by Gasteiger charge is 2.30. The van der Waals surface area contributed by atoms with Crippen molar-refractivity contribution in [1.82, 2.24) is 4.98 Å². The second-order valence-corrected chi connectivity index (χ2v) is 6.61. The minimum atomic E-state index is 0.569. The lowest BCUT2D eigenvalue weighted by Gasteiger charge is -2.39. The van der Waals surface area contributed by atoms with Gasteiger partial charge in [0.1, 0.15) is 0 Å². The van der Waals surface area contributed by atoms with Gasteiger partial charge in [0.2, 0.25) is 0 Å². The van der Waals surface area contributed by atoms with Gasteiger partial charge in [0, 0.05) is 12.6 Å². The molecule has 2 unspecified atom stereocenters. The smallest absolute Gasteiger partial charge is 0.186 e. The van der Waals surface area contributed by atoms with Gasteiger partial charge < -0.3 is 10.6 Å². The van der Waals surface area contributed by atoms with Gasteiger partial charge in [-0.05, 0) is 44.4 Å². The number of hydrogen-bond acceptors (Lipinski definition) is 4. The van der Waals surface area contributed by atoms with Crippen LogP contribution in [-0.2, 0) is 0 Å². The molecule has 0 radical (unpaired) electrons. The molecule has 2 N–H and O–H groups in total. The molecule has 2 atom stereocenters. The lowest BCUT2D eigenvalue weighted by atomic mass is 9.83. The zero-order valence-corrected chi connectivity index (χ0v) is 12.9. The molecule has 1 aliphatic carbocycles. The molecule has 0 spiro atoms. The predicted octanol–water partition coefficient (Wildman–Crippen LogP) is 3.64. The van der Waals surface area contributed by atoms with Crippen molar-refractivity contribution in [2.45, 2.75) is 38.6 Å². The number of nitrogens with two attached hydrogens (primary N) is 1. The van der Waals surface area contributed by atoms with E-state index in [0.717, 1.165) is 18.6 Å². The van der Waals surface area contributed by atoms with Crippen LogP contribution in [0.15, 0.2) is 24.3 Å². The highest BCUT2D eigenvalue weighted by molar-refractivity contribution is 7.22. The van der Waals surface area contributed by atoms with Crippen LogP contribution < -0.4 is 10.6 Å². The molecule has 0 bridgehead atoms. The number of hydrogen-bond donors (Lipinski definition) is 1. The fourth-order valence-corrected chi connectivity index (χ4v) is 4.46. The molecule has 3 nitrogen and oxygen atoms in total. The number of rotatable bonds is 4. The van der Waals surface area contributed by atoms with E-state index in [0.29, 0.717) is 12.0 Å². The summed E-state index contributed by atoms with van der Waals surface area (Å²) in [5, 5.41) is 1.17. The number of nitrogens with zero attached hydrogens (tertiary/aromatic N) is 2. The Labute approximate surface area is 124 Å². The van der Waals surface area contributed by atoms with Crippen molar-refractivity contribution in [2.75, 3.05) is 18.0 Å². The normalized spacial score (nSPS) is 23.1. The molecular weight excluding hydrogens is 266 g/mol. The predicted molar refractivity (Wildman–Crippen MR) is 87.4 cm³/mol. The fourth-order valence-electron chi connectivity index (χ4n) is 3.37. The highest BCUT2D eigenvalue weighted by Crippen LogP contribution is 2.35. The van der Waals surface area contributed by atoms with Gasteiger partial charge in [-0.2, -0.15) is 0 Å². The quantitative estimate of drug-likeness (QED) is 0.934. The third kappa shape index (κ3) is 2.54. The Morgan fingerprint density at radius 2 is 2.10 bits per heavy atom. The van der Waals surface area contributed by atoms with Crippen molar-refractivity contribution < 1.29 is 0 Å². The molecule has 1 saturated carbocycles. The lowest BCUT2D eigenvalue weighted by Crippen LogP contribution is -2.45. The van der Waals surface area contributed by atoms with Gasteiger partial charge in [-0.3, -0.25) is 0 Å². The summed E-state index contributed by atoms with van der Waals surface area (Å²) in [7, 11) is 0. The summed E-state index contributed by atoms with van der Waals surface area (Å²) >= 11 is 1.81. The molecule has 1 fully saturated rings. The van der Waals surface area contributed by atoms with E-state index in [1.54, 1.807) is 0 Å².